The third kappa shape index (κ3) is 8.10. The summed E-state index contributed by atoms with van der Waals surface area (Å²) in [6.45, 7) is 7.09. The van der Waals surface area contributed by atoms with Crippen LogP contribution in [0.15, 0.2) is 109 Å². The van der Waals surface area contributed by atoms with Crippen molar-refractivity contribution in [2.75, 3.05) is 11.9 Å². The molecular weight excluding hydrogens is 576 g/mol. The van der Waals surface area contributed by atoms with E-state index in [1.807, 2.05) is 89.6 Å². The van der Waals surface area contributed by atoms with E-state index in [2.05, 4.69) is 19.2 Å². The van der Waals surface area contributed by atoms with E-state index >= 15 is 0 Å². The third-order valence-electron chi connectivity index (χ3n) is 7.69. The summed E-state index contributed by atoms with van der Waals surface area (Å²) in [6, 6.07) is 31.9. The first kappa shape index (κ1) is 32.2. The molecule has 4 aromatic carbocycles. The number of aryl methyl sites for hydroxylation is 1. The quantitative estimate of drug-likeness (QED) is 0.100. The molecule has 5 aromatic rings. The number of benzene rings is 4. The lowest BCUT2D eigenvalue weighted by Gasteiger charge is -2.20. The number of ether oxygens (including phenoxy) is 2. The highest BCUT2D eigenvalue weighted by molar-refractivity contribution is 6.16. The first-order chi connectivity index (χ1) is 22.3. The molecule has 0 saturated carbocycles. The Hall–Kier alpha value is -5.17. The maximum absolute atomic E-state index is 13.7. The van der Waals surface area contributed by atoms with Crippen LogP contribution in [0, 0.1) is 5.92 Å². The third-order valence-corrected chi connectivity index (χ3v) is 7.69. The van der Waals surface area contributed by atoms with Crippen LogP contribution in [0.4, 0.5) is 5.69 Å². The largest absolute Gasteiger partial charge is 0.476 e. The smallest absolute Gasteiger partial charge is 0.305 e. The second-order valence-corrected chi connectivity index (χ2v) is 11.7. The summed E-state index contributed by atoms with van der Waals surface area (Å²) in [5.74, 6) is 0.357. The van der Waals surface area contributed by atoms with E-state index in [4.69, 9.17) is 9.47 Å². The second-order valence-electron chi connectivity index (χ2n) is 11.7. The zero-order chi connectivity index (χ0) is 32.5. The second kappa shape index (κ2) is 15.2. The summed E-state index contributed by atoms with van der Waals surface area (Å²) >= 11 is 0. The number of hydrogen-bond donors (Lipinski definition) is 1. The summed E-state index contributed by atoms with van der Waals surface area (Å²) in [7, 11) is 0. The van der Waals surface area contributed by atoms with E-state index in [1.165, 1.54) is 5.56 Å². The van der Waals surface area contributed by atoms with Crippen LogP contribution in [0.25, 0.3) is 10.9 Å². The van der Waals surface area contributed by atoms with Crippen LogP contribution in [0.3, 0.4) is 0 Å². The number of fused-ring (bicyclic) bond motifs is 1. The van der Waals surface area contributed by atoms with Crippen molar-refractivity contribution in [2.45, 2.75) is 52.7 Å². The van der Waals surface area contributed by atoms with Gasteiger partial charge in [0.25, 0.3) is 5.91 Å². The number of carbonyl (C=O) groups is 3. The molecule has 1 aromatic heterocycles. The van der Waals surface area contributed by atoms with Crippen molar-refractivity contribution in [3.8, 4) is 5.75 Å². The SMILES string of the molecule is CCOC(=O)CCCn1cc(C(=O)c2ccc(OC(C(=O)Nc3ccccc3)c3ccc(CC(C)C)cc3)cc2)c2ccccc21. The Labute approximate surface area is 270 Å². The Balaban J connectivity index is 1.35. The van der Waals surface area contributed by atoms with E-state index in [0.29, 0.717) is 54.5 Å². The van der Waals surface area contributed by atoms with Gasteiger partial charge in [0, 0.05) is 52.4 Å². The number of ketones is 1. The number of rotatable bonds is 14. The molecule has 0 spiro atoms. The Morgan fingerprint density at radius 1 is 0.826 bits per heavy atom. The Kier molecular flexibility index (Phi) is 10.7. The zero-order valence-electron chi connectivity index (χ0n) is 26.6. The van der Waals surface area contributed by atoms with Crippen LogP contribution < -0.4 is 10.1 Å². The van der Waals surface area contributed by atoms with E-state index in [9.17, 15) is 14.4 Å². The average Bonchev–Trinajstić information content (AvgIpc) is 3.43. The van der Waals surface area contributed by atoms with Gasteiger partial charge in [0.15, 0.2) is 5.78 Å². The average molecular weight is 617 g/mol. The van der Waals surface area contributed by atoms with Gasteiger partial charge in [0.05, 0.1) is 6.61 Å². The highest BCUT2D eigenvalue weighted by atomic mass is 16.5. The molecule has 1 N–H and O–H groups in total. The standard InChI is InChI=1S/C39H40N2O5/c1-4-45-36(42)15-10-24-41-26-34(33-13-8-9-14-35(33)41)37(43)29-20-22-32(23-21-29)46-38(39(44)40-31-11-6-5-7-12-31)30-18-16-28(17-19-30)25-27(2)3/h5-9,11-14,16-23,26-27,38H,4,10,15,24-25H2,1-3H3,(H,40,44). The number of amides is 1. The lowest BCUT2D eigenvalue weighted by Crippen LogP contribution is -2.25. The number of anilines is 1. The van der Waals surface area contributed by atoms with Gasteiger partial charge in [-0.05, 0) is 73.7 Å². The van der Waals surface area contributed by atoms with Gasteiger partial charge >= 0.3 is 5.97 Å². The van der Waals surface area contributed by atoms with Crippen molar-refractivity contribution in [3.63, 3.8) is 0 Å². The van der Waals surface area contributed by atoms with E-state index in [1.54, 1.807) is 31.2 Å². The first-order valence-corrected chi connectivity index (χ1v) is 15.8. The van der Waals surface area contributed by atoms with Gasteiger partial charge in [-0.15, -0.1) is 0 Å². The minimum Gasteiger partial charge on any atom is -0.476 e. The van der Waals surface area contributed by atoms with Crippen LogP contribution in [-0.4, -0.2) is 28.8 Å². The number of para-hydroxylation sites is 2. The van der Waals surface area contributed by atoms with Gasteiger partial charge in [-0.3, -0.25) is 14.4 Å². The molecule has 1 unspecified atom stereocenters. The Bertz CT molecular complexity index is 1770. The van der Waals surface area contributed by atoms with Crippen molar-refractivity contribution in [3.05, 3.63) is 132 Å². The molecule has 0 aliphatic carbocycles. The maximum atomic E-state index is 13.7. The van der Waals surface area contributed by atoms with Gasteiger partial charge in [-0.2, -0.15) is 0 Å². The highest BCUT2D eigenvalue weighted by Gasteiger charge is 2.24. The van der Waals surface area contributed by atoms with Crippen molar-refractivity contribution in [2.24, 2.45) is 5.92 Å². The summed E-state index contributed by atoms with van der Waals surface area (Å²) in [5.41, 5.74) is 4.63. The first-order valence-electron chi connectivity index (χ1n) is 15.8. The van der Waals surface area contributed by atoms with Gasteiger partial charge in [-0.25, -0.2) is 0 Å². The Morgan fingerprint density at radius 3 is 2.22 bits per heavy atom. The molecule has 7 heteroatoms. The van der Waals surface area contributed by atoms with Crippen LogP contribution in [0.5, 0.6) is 5.75 Å². The van der Waals surface area contributed by atoms with Crippen LogP contribution >= 0.6 is 0 Å². The molecule has 0 aliphatic rings. The molecule has 1 atom stereocenters. The lowest BCUT2D eigenvalue weighted by molar-refractivity contribution is -0.143. The van der Waals surface area contributed by atoms with Crippen molar-refractivity contribution in [1.82, 2.24) is 4.57 Å². The molecule has 0 bridgehead atoms. The molecule has 0 radical (unpaired) electrons. The fraction of sp³-hybridized carbons (Fsp3) is 0.256. The topological polar surface area (TPSA) is 86.6 Å². The molecule has 236 valence electrons. The van der Waals surface area contributed by atoms with Gasteiger partial charge in [0.1, 0.15) is 5.75 Å². The lowest BCUT2D eigenvalue weighted by atomic mass is 10.00. The fourth-order valence-electron chi connectivity index (χ4n) is 5.52. The minimum absolute atomic E-state index is 0.119. The fourth-order valence-corrected chi connectivity index (χ4v) is 5.52. The number of nitrogens with one attached hydrogen (secondary N) is 1. The maximum Gasteiger partial charge on any atom is 0.305 e. The monoisotopic (exact) mass is 616 g/mol. The molecule has 0 aliphatic heterocycles. The van der Waals surface area contributed by atoms with Crippen molar-refractivity contribution < 1.29 is 23.9 Å². The number of hydrogen-bond acceptors (Lipinski definition) is 5. The highest BCUT2D eigenvalue weighted by Crippen LogP contribution is 2.28. The predicted octanol–water partition coefficient (Wildman–Crippen LogP) is 8.17. The van der Waals surface area contributed by atoms with Crippen LogP contribution in [0.2, 0.25) is 0 Å². The van der Waals surface area contributed by atoms with Gasteiger partial charge in [0.2, 0.25) is 6.10 Å². The van der Waals surface area contributed by atoms with E-state index in [0.717, 1.165) is 22.9 Å². The van der Waals surface area contributed by atoms with Crippen molar-refractivity contribution in [1.29, 1.82) is 0 Å². The number of esters is 1. The van der Waals surface area contributed by atoms with Gasteiger partial charge < -0.3 is 19.4 Å². The molecule has 1 heterocycles. The van der Waals surface area contributed by atoms with Gasteiger partial charge in [-0.1, -0.05) is 74.5 Å². The van der Waals surface area contributed by atoms with E-state index in [-0.39, 0.29) is 17.7 Å². The molecule has 7 nitrogen and oxygen atoms in total. The predicted molar refractivity (Wildman–Crippen MR) is 181 cm³/mol. The van der Waals surface area contributed by atoms with Crippen LogP contribution in [0.1, 0.15) is 66.8 Å². The summed E-state index contributed by atoms with van der Waals surface area (Å²) in [6.07, 6.45) is 2.83. The molecule has 46 heavy (non-hydrogen) atoms. The molecule has 0 saturated heterocycles. The van der Waals surface area contributed by atoms with Crippen LogP contribution in [-0.2, 0) is 27.3 Å². The van der Waals surface area contributed by atoms with Crippen molar-refractivity contribution >= 4 is 34.3 Å². The molecule has 5 rings (SSSR count). The van der Waals surface area contributed by atoms with E-state index < -0.39 is 6.10 Å². The number of nitrogens with zero attached hydrogens (tertiary/aromatic N) is 1. The number of aromatic nitrogens is 1. The molecular formula is C39H40N2O5. The zero-order valence-corrected chi connectivity index (χ0v) is 26.6. The normalized spacial score (nSPS) is 11.7. The summed E-state index contributed by atoms with van der Waals surface area (Å²) in [4.78, 5) is 39.0. The summed E-state index contributed by atoms with van der Waals surface area (Å²) in [5, 5.41) is 3.81. The Morgan fingerprint density at radius 2 is 1.52 bits per heavy atom. The summed E-state index contributed by atoms with van der Waals surface area (Å²) < 4.78 is 13.4. The minimum atomic E-state index is -0.901. The molecule has 1 amide bonds. The molecule has 0 fully saturated rings. The number of carbonyl (C=O) groups excluding carboxylic acids is 3.